The van der Waals surface area contributed by atoms with E-state index in [9.17, 15) is 18.0 Å². The van der Waals surface area contributed by atoms with E-state index in [0.717, 1.165) is 12.8 Å². The van der Waals surface area contributed by atoms with Crippen LogP contribution in [0.1, 0.15) is 25.7 Å². The van der Waals surface area contributed by atoms with E-state index in [2.05, 4.69) is 0 Å². The molecule has 2 atom stereocenters. The summed E-state index contributed by atoms with van der Waals surface area (Å²) in [5.74, 6) is -0.580. The summed E-state index contributed by atoms with van der Waals surface area (Å²) in [5.41, 5.74) is 5.02. The molecule has 0 saturated heterocycles. The standard InChI is InChI=1S/C12H21F3N2O2/c1-17(8-12(13,14)15)7-5-9-4-3-6-11(9,16)10(18)19-2/h9H,3-8,16H2,1-2H3. The zero-order valence-electron chi connectivity index (χ0n) is 11.3. The first-order chi connectivity index (χ1) is 8.69. The number of hydrogen-bond donors (Lipinski definition) is 1. The lowest BCUT2D eigenvalue weighted by Crippen LogP contribution is -2.52. The Morgan fingerprint density at radius 3 is 2.68 bits per heavy atom. The van der Waals surface area contributed by atoms with Gasteiger partial charge in [0, 0.05) is 0 Å². The summed E-state index contributed by atoms with van der Waals surface area (Å²) < 4.78 is 41.3. The number of ether oxygens (including phenoxy) is 1. The molecule has 0 bridgehead atoms. The first-order valence-corrected chi connectivity index (χ1v) is 6.31. The third-order valence-corrected chi connectivity index (χ3v) is 3.75. The summed E-state index contributed by atoms with van der Waals surface area (Å²) in [4.78, 5) is 12.9. The molecule has 4 nitrogen and oxygen atoms in total. The van der Waals surface area contributed by atoms with Crippen molar-refractivity contribution < 1.29 is 22.7 Å². The van der Waals surface area contributed by atoms with Crippen LogP contribution in [0, 0.1) is 5.92 Å². The normalized spacial score (nSPS) is 27.8. The van der Waals surface area contributed by atoms with E-state index < -0.39 is 24.2 Å². The largest absolute Gasteiger partial charge is 0.468 e. The molecule has 0 radical (unpaired) electrons. The van der Waals surface area contributed by atoms with Crippen LogP contribution in [0.3, 0.4) is 0 Å². The van der Waals surface area contributed by atoms with Crippen molar-refractivity contribution in [3.05, 3.63) is 0 Å². The Labute approximate surface area is 111 Å². The molecule has 112 valence electrons. The van der Waals surface area contributed by atoms with Gasteiger partial charge in [-0.3, -0.25) is 9.69 Å². The minimum Gasteiger partial charge on any atom is -0.468 e. The average molecular weight is 282 g/mol. The number of hydrogen-bond acceptors (Lipinski definition) is 4. The Morgan fingerprint density at radius 2 is 2.16 bits per heavy atom. The Kier molecular flexibility index (Phi) is 5.20. The topological polar surface area (TPSA) is 55.6 Å². The molecule has 0 aliphatic heterocycles. The summed E-state index contributed by atoms with van der Waals surface area (Å²) in [6, 6.07) is 0. The molecule has 7 heteroatoms. The minimum atomic E-state index is -4.20. The van der Waals surface area contributed by atoms with Gasteiger partial charge in [-0.15, -0.1) is 0 Å². The molecule has 0 aromatic carbocycles. The van der Waals surface area contributed by atoms with Gasteiger partial charge in [0.05, 0.1) is 13.7 Å². The van der Waals surface area contributed by atoms with Crippen molar-refractivity contribution in [3.8, 4) is 0 Å². The predicted octanol–water partition coefficient (Wildman–Crippen LogP) is 1.54. The molecule has 1 rings (SSSR count). The van der Waals surface area contributed by atoms with Crippen LogP contribution in [0.2, 0.25) is 0 Å². The maximum absolute atomic E-state index is 12.2. The van der Waals surface area contributed by atoms with E-state index >= 15 is 0 Å². The van der Waals surface area contributed by atoms with Crippen LogP contribution < -0.4 is 5.73 Å². The summed E-state index contributed by atoms with van der Waals surface area (Å²) in [6.45, 7) is -0.685. The van der Waals surface area contributed by atoms with E-state index in [4.69, 9.17) is 10.5 Å². The second-order valence-electron chi connectivity index (χ2n) is 5.26. The number of methoxy groups -OCH3 is 1. The first kappa shape index (κ1) is 16.2. The van der Waals surface area contributed by atoms with E-state index in [0.29, 0.717) is 12.8 Å². The Bertz CT molecular complexity index is 323. The molecule has 1 aliphatic carbocycles. The van der Waals surface area contributed by atoms with Crippen LogP contribution in [0.15, 0.2) is 0 Å². The molecule has 0 spiro atoms. The van der Waals surface area contributed by atoms with Crippen molar-refractivity contribution >= 4 is 5.97 Å². The van der Waals surface area contributed by atoms with E-state index in [1.165, 1.54) is 19.1 Å². The highest BCUT2D eigenvalue weighted by atomic mass is 19.4. The number of halogens is 3. The molecule has 19 heavy (non-hydrogen) atoms. The highest BCUT2D eigenvalue weighted by molar-refractivity contribution is 5.81. The van der Waals surface area contributed by atoms with E-state index in [1.54, 1.807) is 0 Å². The van der Waals surface area contributed by atoms with Crippen LogP contribution in [-0.4, -0.2) is 49.8 Å². The van der Waals surface area contributed by atoms with Crippen LogP contribution >= 0.6 is 0 Å². The van der Waals surface area contributed by atoms with Crippen LogP contribution in [0.5, 0.6) is 0 Å². The minimum absolute atomic E-state index is 0.115. The fourth-order valence-electron chi connectivity index (χ4n) is 2.72. The van der Waals surface area contributed by atoms with Crippen molar-refractivity contribution in [1.82, 2.24) is 4.90 Å². The molecule has 2 N–H and O–H groups in total. The number of nitrogens with zero attached hydrogens (tertiary/aromatic N) is 1. The maximum Gasteiger partial charge on any atom is 0.401 e. The zero-order chi connectivity index (χ0) is 14.7. The number of carbonyl (C=O) groups is 1. The van der Waals surface area contributed by atoms with Gasteiger partial charge < -0.3 is 10.5 Å². The highest BCUT2D eigenvalue weighted by Gasteiger charge is 2.46. The lowest BCUT2D eigenvalue weighted by molar-refractivity contribution is -0.150. The van der Waals surface area contributed by atoms with Gasteiger partial charge >= 0.3 is 12.1 Å². The number of rotatable bonds is 5. The van der Waals surface area contributed by atoms with Crippen molar-refractivity contribution in [3.63, 3.8) is 0 Å². The Morgan fingerprint density at radius 1 is 1.53 bits per heavy atom. The van der Waals surface area contributed by atoms with Crippen LogP contribution in [0.25, 0.3) is 0 Å². The quantitative estimate of drug-likeness (QED) is 0.777. The van der Waals surface area contributed by atoms with Crippen molar-refractivity contribution in [1.29, 1.82) is 0 Å². The SMILES string of the molecule is COC(=O)C1(N)CCCC1CCN(C)CC(F)(F)F. The van der Waals surface area contributed by atoms with Gasteiger partial charge in [-0.1, -0.05) is 6.42 Å². The van der Waals surface area contributed by atoms with Gasteiger partial charge in [0.25, 0.3) is 0 Å². The number of carbonyl (C=O) groups excluding carboxylic acids is 1. The van der Waals surface area contributed by atoms with E-state index in [-0.39, 0.29) is 12.5 Å². The highest BCUT2D eigenvalue weighted by Crippen LogP contribution is 2.37. The smallest absolute Gasteiger partial charge is 0.401 e. The van der Waals surface area contributed by atoms with Gasteiger partial charge in [-0.2, -0.15) is 13.2 Å². The summed E-state index contributed by atoms with van der Waals surface area (Å²) in [5, 5.41) is 0. The molecular formula is C12H21F3N2O2. The van der Waals surface area contributed by atoms with Crippen molar-refractivity contribution in [2.75, 3.05) is 27.2 Å². The molecule has 0 amide bonds. The number of nitrogens with two attached hydrogens (primary N) is 1. The lowest BCUT2D eigenvalue weighted by atomic mass is 9.85. The third kappa shape index (κ3) is 4.35. The first-order valence-electron chi connectivity index (χ1n) is 6.31. The summed E-state index contributed by atoms with van der Waals surface area (Å²) in [6.07, 6.45) is -1.64. The molecule has 0 heterocycles. The van der Waals surface area contributed by atoms with Gasteiger partial charge in [-0.05, 0) is 38.8 Å². The fraction of sp³-hybridized carbons (Fsp3) is 0.917. The molecular weight excluding hydrogens is 261 g/mol. The molecule has 0 aromatic heterocycles. The molecule has 1 saturated carbocycles. The number of esters is 1. The maximum atomic E-state index is 12.2. The van der Waals surface area contributed by atoms with E-state index in [1.807, 2.05) is 0 Å². The lowest BCUT2D eigenvalue weighted by Gasteiger charge is -2.30. The Hall–Kier alpha value is -0.820. The summed E-state index contributed by atoms with van der Waals surface area (Å²) in [7, 11) is 2.70. The number of alkyl halides is 3. The second-order valence-corrected chi connectivity index (χ2v) is 5.26. The van der Waals surface area contributed by atoms with Crippen molar-refractivity contribution in [2.45, 2.75) is 37.4 Å². The fourth-order valence-corrected chi connectivity index (χ4v) is 2.72. The zero-order valence-corrected chi connectivity index (χ0v) is 11.3. The Balaban J connectivity index is 2.50. The summed E-state index contributed by atoms with van der Waals surface area (Å²) >= 11 is 0. The van der Waals surface area contributed by atoms with Gasteiger partial charge in [0.15, 0.2) is 0 Å². The van der Waals surface area contributed by atoms with Gasteiger partial charge in [-0.25, -0.2) is 0 Å². The van der Waals surface area contributed by atoms with Crippen LogP contribution in [0.4, 0.5) is 13.2 Å². The monoisotopic (exact) mass is 282 g/mol. The average Bonchev–Trinajstić information content (AvgIpc) is 2.66. The van der Waals surface area contributed by atoms with Crippen LogP contribution in [-0.2, 0) is 9.53 Å². The van der Waals surface area contributed by atoms with Crippen molar-refractivity contribution in [2.24, 2.45) is 11.7 Å². The molecule has 0 aromatic rings. The molecule has 1 aliphatic rings. The van der Waals surface area contributed by atoms with Gasteiger partial charge in [0.2, 0.25) is 0 Å². The molecule has 2 unspecified atom stereocenters. The molecule has 1 fully saturated rings. The predicted molar refractivity (Wildman–Crippen MR) is 64.4 cm³/mol. The second kappa shape index (κ2) is 6.09. The van der Waals surface area contributed by atoms with Gasteiger partial charge in [0.1, 0.15) is 5.54 Å². The third-order valence-electron chi connectivity index (χ3n) is 3.75.